The van der Waals surface area contributed by atoms with E-state index in [1.807, 2.05) is 21.9 Å². The van der Waals surface area contributed by atoms with Crippen LogP contribution in [0.1, 0.15) is 35.4 Å². The van der Waals surface area contributed by atoms with Crippen LogP contribution >= 0.6 is 23.7 Å². The maximum Gasteiger partial charge on any atom is 0.264 e. The number of fused-ring (bicyclic) bond motifs is 2. The molecule has 3 fully saturated rings. The molecule has 5 rings (SSSR count). The Balaban J connectivity index is 0.00000192. The summed E-state index contributed by atoms with van der Waals surface area (Å²) < 4.78 is 6.38. The Morgan fingerprint density at radius 2 is 1.96 bits per heavy atom. The van der Waals surface area contributed by atoms with Crippen LogP contribution in [-0.4, -0.2) is 60.9 Å². The summed E-state index contributed by atoms with van der Waals surface area (Å²) in [7, 11) is 0. The Morgan fingerprint density at radius 1 is 1.18 bits per heavy atom. The number of amides is 2. The smallest absolute Gasteiger partial charge is 0.264 e. The van der Waals surface area contributed by atoms with Gasteiger partial charge in [-0.1, -0.05) is 12.8 Å². The summed E-state index contributed by atoms with van der Waals surface area (Å²) in [6, 6.07) is 3.72. The standard InChI is InChI=1S/C20H25N3O3S.ClH/c24-18(17-11-15-16(27-17)4-10-26-15)22-6-8-23(9-7-22)19(25)20-5-2-1-3-14(20)12-21-13-20;/h4,10-11,14,21H,1-3,5-9,12-13H2;1H/t14-,20+;/m0./s1. The lowest BCUT2D eigenvalue weighted by Crippen LogP contribution is -2.56. The SMILES string of the molecule is Cl.O=C(c1cc2occc2s1)N1CCN(C(=O)[C@@]23CCCC[C@H]2CNC3)CC1. The zero-order chi connectivity index (χ0) is 18.4. The topological polar surface area (TPSA) is 65.8 Å². The number of furan rings is 1. The minimum atomic E-state index is -0.192. The lowest BCUT2D eigenvalue weighted by molar-refractivity contribution is -0.146. The maximum atomic E-state index is 13.4. The number of nitrogens with one attached hydrogen (secondary N) is 1. The zero-order valence-corrected chi connectivity index (χ0v) is 17.4. The zero-order valence-electron chi connectivity index (χ0n) is 15.8. The predicted molar refractivity (Wildman–Crippen MR) is 111 cm³/mol. The molecule has 28 heavy (non-hydrogen) atoms. The lowest BCUT2D eigenvalue weighted by atomic mass is 9.67. The molecular weight excluding hydrogens is 398 g/mol. The second kappa shape index (κ2) is 7.69. The van der Waals surface area contributed by atoms with Crippen LogP contribution in [0.2, 0.25) is 0 Å². The number of hydrogen-bond acceptors (Lipinski definition) is 5. The molecule has 2 saturated heterocycles. The van der Waals surface area contributed by atoms with E-state index >= 15 is 0 Å². The molecule has 0 bridgehead atoms. The summed E-state index contributed by atoms with van der Waals surface area (Å²) >= 11 is 1.47. The first-order valence-electron chi connectivity index (χ1n) is 9.94. The van der Waals surface area contributed by atoms with Gasteiger partial charge in [-0.2, -0.15) is 0 Å². The van der Waals surface area contributed by atoms with Crippen LogP contribution in [0.3, 0.4) is 0 Å². The van der Waals surface area contributed by atoms with Gasteiger partial charge in [-0.05, 0) is 31.4 Å². The molecule has 8 heteroatoms. The van der Waals surface area contributed by atoms with Crippen molar-refractivity contribution in [1.29, 1.82) is 0 Å². The number of carbonyl (C=O) groups excluding carboxylic acids is 2. The van der Waals surface area contributed by atoms with E-state index in [1.54, 1.807) is 6.26 Å². The fourth-order valence-corrected chi connectivity index (χ4v) is 6.07. The van der Waals surface area contributed by atoms with E-state index in [0.29, 0.717) is 38.0 Å². The Kier molecular flexibility index (Phi) is 5.42. The van der Waals surface area contributed by atoms with E-state index in [1.165, 1.54) is 17.8 Å². The molecule has 6 nitrogen and oxygen atoms in total. The molecule has 1 saturated carbocycles. The van der Waals surface area contributed by atoms with E-state index in [0.717, 1.165) is 47.5 Å². The minimum absolute atomic E-state index is 0. The van der Waals surface area contributed by atoms with Gasteiger partial charge in [0, 0.05) is 38.8 Å². The molecule has 0 unspecified atom stereocenters. The van der Waals surface area contributed by atoms with Crippen LogP contribution in [0.5, 0.6) is 0 Å². The molecule has 2 amide bonds. The average Bonchev–Trinajstić information content (AvgIpc) is 3.41. The molecule has 1 aliphatic carbocycles. The number of piperazine rings is 1. The fourth-order valence-electron chi connectivity index (χ4n) is 5.12. The number of carbonyl (C=O) groups is 2. The van der Waals surface area contributed by atoms with Crippen molar-refractivity contribution in [2.24, 2.45) is 11.3 Å². The third-order valence-electron chi connectivity index (χ3n) is 6.67. The van der Waals surface area contributed by atoms with Gasteiger partial charge >= 0.3 is 0 Å². The number of halogens is 1. The monoisotopic (exact) mass is 423 g/mol. The highest BCUT2D eigenvalue weighted by Crippen LogP contribution is 2.45. The van der Waals surface area contributed by atoms with Gasteiger partial charge in [0.25, 0.3) is 5.91 Å². The minimum Gasteiger partial charge on any atom is -0.463 e. The van der Waals surface area contributed by atoms with Crippen molar-refractivity contribution < 1.29 is 14.0 Å². The molecule has 2 aromatic heterocycles. The first-order chi connectivity index (χ1) is 13.2. The van der Waals surface area contributed by atoms with E-state index in [-0.39, 0.29) is 23.7 Å². The van der Waals surface area contributed by atoms with Crippen molar-refractivity contribution in [2.75, 3.05) is 39.3 Å². The van der Waals surface area contributed by atoms with Crippen LogP contribution in [0.4, 0.5) is 0 Å². The van der Waals surface area contributed by atoms with E-state index in [4.69, 9.17) is 4.42 Å². The summed E-state index contributed by atoms with van der Waals surface area (Å²) in [4.78, 5) is 30.8. The van der Waals surface area contributed by atoms with Gasteiger partial charge in [0.1, 0.15) is 5.58 Å². The molecule has 2 aromatic rings. The molecule has 2 atom stereocenters. The highest BCUT2D eigenvalue weighted by Gasteiger charge is 2.51. The van der Waals surface area contributed by atoms with Gasteiger partial charge < -0.3 is 19.5 Å². The molecule has 0 aromatic carbocycles. The van der Waals surface area contributed by atoms with Crippen molar-refractivity contribution in [1.82, 2.24) is 15.1 Å². The quantitative estimate of drug-likeness (QED) is 0.806. The largest absolute Gasteiger partial charge is 0.463 e. The van der Waals surface area contributed by atoms with Crippen LogP contribution in [0, 0.1) is 11.3 Å². The van der Waals surface area contributed by atoms with E-state index in [2.05, 4.69) is 5.32 Å². The van der Waals surface area contributed by atoms with Crippen LogP contribution in [-0.2, 0) is 4.79 Å². The van der Waals surface area contributed by atoms with Gasteiger partial charge in [0.05, 0.1) is 21.3 Å². The fraction of sp³-hybridized carbons (Fsp3) is 0.600. The number of thiophene rings is 1. The van der Waals surface area contributed by atoms with Gasteiger partial charge in [-0.15, -0.1) is 23.7 Å². The number of nitrogens with zero attached hydrogens (tertiary/aromatic N) is 2. The third-order valence-corrected chi connectivity index (χ3v) is 7.74. The maximum absolute atomic E-state index is 13.4. The summed E-state index contributed by atoms with van der Waals surface area (Å²) in [5.41, 5.74) is 0.580. The molecule has 152 valence electrons. The lowest BCUT2D eigenvalue weighted by Gasteiger charge is -2.43. The first-order valence-corrected chi connectivity index (χ1v) is 10.8. The van der Waals surface area contributed by atoms with Crippen LogP contribution in [0.25, 0.3) is 10.3 Å². The summed E-state index contributed by atoms with van der Waals surface area (Å²) in [5, 5.41) is 3.46. The van der Waals surface area contributed by atoms with Gasteiger partial charge in [-0.25, -0.2) is 0 Å². The predicted octanol–water partition coefficient (Wildman–Crippen LogP) is 2.98. The Bertz CT molecular complexity index is 845. The Morgan fingerprint density at radius 3 is 2.75 bits per heavy atom. The van der Waals surface area contributed by atoms with Gasteiger partial charge in [0.15, 0.2) is 0 Å². The normalized spacial score (nSPS) is 27.5. The first kappa shape index (κ1) is 19.7. The number of rotatable bonds is 2. The molecule has 0 spiro atoms. The highest BCUT2D eigenvalue weighted by molar-refractivity contribution is 7.20. The Labute approximate surface area is 174 Å². The molecule has 3 aliphatic rings. The average molecular weight is 424 g/mol. The van der Waals surface area contributed by atoms with Crippen molar-refractivity contribution >= 4 is 45.8 Å². The van der Waals surface area contributed by atoms with Gasteiger partial charge in [0.2, 0.25) is 5.91 Å². The summed E-state index contributed by atoms with van der Waals surface area (Å²) in [5.74, 6) is 0.854. The second-order valence-corrected chi connectivity index (χ2v) is 9.16. The third kappa shape index (κ3) is 3.13. The molecule has 0 radical (unpaired) electrons. The van der Waals surface area contributed by atoms with Gasteiger partial charge in [-0.3, -0.25) is 9.59 Å². The number of hydrogen-bond donors (Lipinski definition) is 1. The summed E-state index contributed by atoms with van der Waals surface area (Å²) in [6.07, 6.45) is 6.22. The molecular formula is C20H26ClN3O3S. The molecule has 2 aliphatic heterocycles. The second-order valence-electron chi connectivity index (χ2n) is 8.07. The summed E-state index contributed by atoms with van der Waals surface area (Å²) in [6.45, 7) is 4.30. The molecule has 1 N–H and O–H groups in total. The van der Waals surface area contributed by atoms with Crippen molar-refractivity contribution in [3.8, 4) is 0 Å². The van der Waals surface area contributed by atoms with Crippen molar-refractivity contribution in [3.05, 3.63) is 23.3 Å². The van der Waals surface area contributed by atoms with E-state index < -0.39 is 0 Å². The Hall–Kier alpha value is -1.57. The highest BCUT2D eigenvalue weighted by atomic mass is 35.5. The van der Waals surface area contributed by atoms with Crippen LogP contribution in [0.15, 0.2) is 22.8 Å². The van der Waals surface area contributed by atoms with Crippen molar-refractivity contribution in [2.45, 2.75) is 25.7 Å². The van der Waals surface area contributed by atoms with Crippen molar-refractivity contribution in [3.63, 3.8) is 0 Å². The van der Waals surface area contributed by atoms with Crippen LogP contribution < -0.4 is 5.32 Å². The molecule has 4 heterocycles. The van der Waals surface area contributed by atoms with E-state index in [9.17, 15) is 9.59 Å².